The maximum atomic E-state index is 14.2. The molecule has 0 atom stereocenters. The molecule has 0 unspecified atom stereocenters. The first kappa shape index (κ1) is 18.1. The maximum absolute atomic E-state index is 14.2. The number of fused-ring (bicyclic) bond motifs is 1. The van der Waals surface area contributed by atoms with Gasteiger partial charge in [-0.3, -0.25) is 4.98 Å². The Bertz CT molecular complexity index is 1360. The van der Waals surface area contributed by atoms with E-state index in [1.165, 1.54) is 29.1 Å². The Morgan fingerprint density at radius 2 is 1.60 bits per heavy atom. The van der Waals surface area contributed by atoms with E-state index in [0.29, 0.717) is 0 Å². The summed E-state index contributed by atoms with van der Waals surface area (Å²) in [7, 11) is 0. The molecule has 0 aliphatic carbocycles. The molecule has 6 heteroatoms. The second-order valence-electron chi connectivity index (χ2n) is 7.04. The van der Waals surface area contributed by atoms with Crippen LogP contribution in [0.4, 0.5) is 8.78 Å². The van der Waals surface area contributed by atoms with Crippen molar-refractivity contribution in [3.05, 3.63) is 96.8 Å². The van der Waals surface area contributed by atoms with Crippen molar-refractivity contribution in [1.82, 2.24) is 19.5 Å². The van der Waals surface area contributed by atoms with Crippen molar-refractivity contribution < 1.29 is 8.78 Å². The zero-order chi connectivity index (χ0) is 20.7. The topological polar surface area (TPSA) is 43.6 Å². The third kappa shape index (κ3) is 3.03. The van der Waals surface area contributed by atoms with E-state index in [-0.39, 0.29) is 5.69 Å². The fourth-order valence-electron chi connectivity index (χ4n) is 3.67. The monoisotopic (exact) mass is 398 g/mol. The molecule has 0 amide bonds. The summed E-state index contributed by atoms with van der Waals surface area (Å²) in [6.45, 7) is 2.02. The highest BCUT2D eigenvalue weighted by atomic mass is 19.1. The average Bonchev–Trinajstić information content (AvgIpc) is 3.17. The van der Waals surface area contributed by atoms with Gasteiger partial charge in [0.25, 0.3) is 0 Å². The summed E-state index contributed by atoms with van der Waals surface area (Å²) in [6, 6.07) is 13.5. The third-order valence-corrected chi connectivity index (χ3v) is 5.15. The van der Waals surface area contributed by atoms with Gasteiger partial charge in [-0.1, -0.05) is 12.1 Å². The van der Waals surface area contributed by atoms with Crippen molar-refractivity contribution >= 4 is 10.9 Å². The Morgan fingerprint density at radius 3 is 2.33 bits per heavy atom. The van der Waals surface area contributed by atoms with Crippen LogP contribution >= 0.6 is 0 Å². The molecule has 0 bridgehead atoms. The molecule has 0 radical (unpaired) electrons. The van der Waals surface area contributed by atoms with E-state index in [0.717, 1.165) is 38.9 Å². The SMILES string of the molecule is Cc1cc(-c2cncnc2)ncc1-c1ccc2c(ccn2-c2c(F)cccc2F)c1. The van der Waals surface area contributed by atoms with E-state index < -0.39 is 11.6 Å². The summed E-state index contributed by atoms with van der Waals surface area (Å²) in [5.41, 5.74) is 5.34. The summed E-state index contributed by atoms with van der Waals surface area (Å²) in [5.74, 6) is -1.20. The summed E-state index contributed by atoms with van der Waals surface area (Å²) in [4.78, 5) is 12.6. The molecule has 30 heavy (non-hydrogen) atoms. The van der Waals surface area contributed by atoms with Gasteiger partial charge in [0.05, 0.1) is 11.2 Å². The van der Waals surface area contributed by atoms with E-state index in [4.69, 9.17) is 0 Å². The van der Waals surface area contributed by atoms with Gasteiger partial charge in [0, 0.05) is 41.3 Å². The number of nitrogens with zero attached hydrogens (tertiary/aromatic N) is 4. The van der Waals surface area contributed by atoms with Gasteiger partial charge >= 0.3 is 0 Å². The van der Waals surface area contributed by atoms with Gasteiger partial charge in [-0.05, 0) is 54.4 Å². The molecule has 4 nitrogen and oxygen atoms in total. The fraction of sp³-hybridized carbons (Fsp3) is 0.0417. The van der Waals surface area contributed by atoms with Crippen molar-refractivity contribution in [1.29, 1.82) is 0 Å². The van der Waals surface area contributed by atoms with Crippen molar-refractivity contribution in [3.8, 4) is 28.1 Å². The number of para-hydroxylation sites is 1. The zero-order valence-electron chi connectivity index (χ0n) is 16.1. The lowest BCUT2D eigenvalue weighted by Gasteiger charge is -2.10. The highest BCUT2D eigenvalue weighted by molar-refractivity contribution is 5.87. The standard InChI is InChI=1S/C24H16F2N4/c1-15-9-22(18-11-27-14-28-12-18)29-13-19(15)16-5-6-23-17(10-16)7-8-30(23)24-20(25)3-2-4-21(24)26/h2-14H,1H3. The van der Waals surface area contributed by atoms with Gasteiger partial charge in [0.15, 0.2) is 0 Å². The van der Waals surface area contributed by atoms with E-state index in [1.807, 2.05) is 43.5 Å². The van der Waals surface area contributed by atoms with Crippen LogP contribution in [0, 0.1) is 18.6 Å². The van der Waals surface area contributed by atoms with Crippen LogP contribution in [0.5, 0.6) is 0 Å². The quantitative estimate of drug-likeness (QED) is 0.389. The van der Waals surface area contributed by atoms with Gasteiger partial charge in [-0.15, -0.1) is 0 Å². The molecule has 0 N–H and O–H groups in total. The second kappa shape index (κ2) is 7.15. The predicted molar refractivity (Wildman–Crippen MR) is 112 cm³/mol. The Labute approximate surface area is 171 Å². The molecule has 2 aromatic carbocycles. The molecular weight excluding hydrogens is 382 g/mol. The summed E-state index contributed by atoms with van der Waals surface area (Å²) in [6.07, 6.45) is 8.45. The first-order valence-corrected chi connectivity index (χ1v) is 9.40. The normalized spacial score (nSPS) is 11.2. The van der Waals surface area contributed by atoms with Crippen molar-refractivity contribution in [2.75, 3.05) is 0 Å². The van der Waals surface area contributed by atoms with Crippen LogP contribution in [-0.2, 0) is 0 Å². The minimum absolute atomic E-state index is 0.0764. The van der Waals surface area contributed by atoms with Gasteiger partial charge in [-0.2, -0.15) is 0 Å². The van der Waals surface area contributed by atoms with E-state index >= 15 is 0 Å². The van der Waals surface area contributed by atoms with E-state index in [1.54, 1.807) is 18.6 Å². The highest BCUT2D eigenvalue weighted by Gasteiger charge is 2.14. The molecule has 0 spiro atoms. The first-order chi connectivity index (χ1) is 14.6. The summed E-state index contributed by atoms with van der Waals surface area (Å²) < 4.78 is 30.0. The average molecular weight is 398 g/mol. The Hall–Kier alpha value is -3.93. The highest BCUT2D eigenvalue weighted by Crippen LogP contribution is 2.31. The lowest BCUT2D eigenvalue weighted by Crippen LogP contribution is -1.99. The number of pyridine rings is 1. The number of benzene rings is 2. The molecule has 0 aliphatic heterocycles. The number of halogens is 2. The third-order valence-electron chi connectivity index (χ3n) is 5.15. The predicted octanol–water partition coefficient (Wildman–Crippen LogP) is 5.74. The van der Waals surface area contributed by atoms with Crippen LogP contribution in [-0.4, -0.2) is 19.5 Å². The summed E-state index contributed by atoms with van der Waals surface area (Å²) >= 11 is 0. The minimum atomic E-state index is -0.600. The van der Waals surface area contributed by atoms with Crippen molar-refractivity contribution in [3.63, 3.8) is 0 Å². The maximum Gasteiger partial charge on any atom is 0.150 e. The van der Waals surface area contributed by atoms with Crippen LogP contribution in [0.3, 0.4) is 0 Å². The Morgan fingerprint density at radius 1 is 0.833 bits per heavy atom. The molecule has 0 fully saturated rings. The van der Waals surface area contributed by atoms with Crippen molar-refractivity contribution in [2.45, 2.75) is 6.92 Å². The van der Waals surface area contributed by atoms with Crippen LogP contribution < -0.4 is 0 Å². The van der Waals surface area contributed by atoms with E-state index in [9.17, 15) is 8.78 Å². The Kier molecular flexibility index (Phi) is 4.32. The number of aromatic nitrogens is 4. The number of rotatable bonds is 3. The molecule has 0 aliphatic rings. The van der Waals surface area contributed by atoms with E-state index in [2.05, 4.69) is 15.0 Å². The smallest absolute Gasteiger partial charge is 0.150 e. The second-order valence-corrected chi connectivity index (χ2v) is 7.04. The number of aryl methyl sites for hydroxylation is 1. The lowest BCUT2D eigenvalue weighted by atomic mass is 10.00. The molecule has 5 aromatic rings. The minimum Gasteiger partial charge on any atom is -0.311 e. The molecule has 3 heterocycles. The largest absolute Gasteiger partial charge is 0.311 e. The van der Waals surface area contributed by atoms with Crippen LogP contribution in [0.25, 0.3) is 39.0 Å². The molecule has 3 aromatic heterocycles. The first-order valence-electron chi connectivity index (χ1n) is 9.40. The summed E-state index contributed by atoms with van der Waals surface area (Å²) in [5, 5.41) is 0.884. The molecule has 0 saturated heterocycles. The van der Waals surface area contributed by atoms with Gasteiger partial charge < -0.3 is 4.57 Å². The van der Waals surface area contributed by atoms with Gasteiger partial charge in [-0.25, -0.2) is 18.7 Å². The fourth-order valence-corrected chi connectivity index (χ4v) is 3.67. The zero-order valence-corrected chi connectivity index (χ0v) is 16.1. The molecule has 0 saturated carbocycles. The van der Waals surface area contributed by atoms with Gasteiger partial charge in [0.2, 0.25) is 0 Å². The van der Waals surface area contributed by atoms with Gasteiger partial charge in [0.1, 0.15) is 23.6 Å². The Balaban J connectivity index is 1.57. The molecular formula is C24H16F2N4. The number of hydrogen-bond donors (Lipinski definition) is 0. The van der Waals surface area contributed by atoms with Crippen LogP contribution in [0.2, 0.25) is 0 Å². The lowest BCUT2D eigenvalue weighted by molar-refractivity contribution is 0.571. The number of hydrogen-bond acceptors (Lipinski definition) is 3. The van der Waals surface area contributed by atoms with Crippen LogP contribution in [0.15, 0.2) is 79.6 Å². The van der Waals surface area contributed by atoms with Crippen molar-refractivity contribution in [2.24, 2.45) is 0 Å². The van der Waals surface area contributed by atoms with Crippen LogP contribution in [0.1, 0.15) is 5.56 Å². The molecule has 146 valence electrons. The molecule has 5 rings (SSSR count).